The number of benzene rings is 2. The number of hydrogen-bond donors (Lipinski definition) is 1. The summed E-state index contributed by atoms with van der Waals surface area (Å²) in [4.78, 5) is 14.1. The van der Waals surface area contributed by atoms with Crippen LogP contribution < -0.4 is 0 Å². The minimum atomic E-state index is -3.87. The highest BCUT2D eigenvalue weighted by Gasteiger charge is 2.33. The van der Waals surface area contributed by atoms with E-state index >= 15 is 0 Å². The van der Waals surface area contributed by atoms with E-state index in [9.17, 15) is 18.3 Å². The lowest BCUT2D eigenvalue weighted by atomic mass is 10.1. The summed E-state index contributed by atoms with van der Waals surface area (Å²) in [5.41, 5.74) is 0.816. The van der Waals surface area contributed by atoms with Gasteiger partial charge in [-0.25, -0.2) is 8.42 Å². The molecule has 9 heteroatoms. The minimum Gasteiger partial charge on any atom is -0.507 e. The predicted octanol–water partition coefficient (Wildman–Crippen LogP) is 3.15. The zero-order valence-corrected chi connectivity index (χ0v) is 16.9. The summed E-state index contributed by atoms with van der Waals surface area (Å²) >= 11 is 12.1. The van der Waals surface area contributed by atoms with Crippen LogP contribution in [0.25, 0.3) is 0 Å². The highest BCUT2D eigenvalue weighted by atomic mass is 35.5. The number of halogens is 2. The van der Waals surface area contributed by atoms with E-state index in [1.807, 2.05) is 0 Å². The number of nitrogens with zero attached hydrogens (tertiary/aromatic N) is 2. The third-order valence-corrected chi connectivity index (χ3v) is 7.37. The molecule has 1 heterocycles. The molecule has 1 N–H and O–H groups in total. The molecule has 1 aliphatic rings. The number of amides is 1. The van der Waals surface area contributed by atoms with Gasteiger partial charge in [0.05, 0.1) is 15.6 Å². The van der Waals surface area contributed by atoms with Crippen LogP contribution in [0.4, 0.5) is 0 Å². The van der Waals surface area contributed by atoms with E-state index < -0.39 is 10.0 Å². The Kier molecular flexibility index (Phi) is 5.67. The van der Waals surface area contributed by atoms with Crippen molar-refractivity contribution >= 4 is 39.1 Å². The van der Waals surface area contributed by atoms with Crippen molar-refractivity contribution in [3.05, 3.63) is 57.6 Å². The van der Waals surface area contributed by atoms with E-state index in [0.717, 1.165) is 0 Å². The third-order valence-electron chi connectivity index (χ3n) is 4.51. The molecule has 0 saturated carbocycles. The zero-order chi connectivity index (χ0) is 19.8. The van der Waals surface area contributed by atoms with Gasteiger partial charge in [-0.3, -0.25) is 4.79 Å². The summed E-state index contributed by atoms with van der Waals surface area (Å²) in [6.45, 7) is 2.34. The number of para-hydroxylation sites is 1. The molecular weight excluding hydrogens is 411 g/mol. The molecule has 1 aliphatic heterocycles. The number of carbonyl (C=O) groups excluding carboxylic acids is 1. The second kappa shape index (κ2) is 7.67. The fourth-order valence-electron chi connectivity index (χ4n) is 2.99. The van der Waals surface area contributed by atoms with E-state index in [-0.39, 0.29) is 58.3 Å². The molecule has 0 spiro atoms. The normalized spacial score (nSPS) is 15.7. The van der Waals surface area contributed by atoms with Crippen molar-refractivity contribution in [3.63, 3.8) is 0 Å². The maximum atomic E-state index is 12.9. The fraction of sp³-hybridized carbons (Fsp3) is 0.278. The molecule has 144 valence electrons. The highest BCUT2D eigenvalue weighted by Crippen LogP contribution is 2.32. The quantitative estimate of drug-likeness (QED) is 0.813. The standard InChI is InChI=1S/C18H18Cl2N2O4S/c1-12-4-2-5-13(16(12)23)18(24)21-8-10-22(11-9-21)27(25,26)17-14(19)6-3-7-15(17)20/h2-7,23H,8-11H2,1H3. The van der Waals surface area contributed by atoms with Crippen molar-refractivity contribution < 1.29 is 18.3 Å². The lowest BCUT2D eigenvalue weighted by Crippen LogP contribution is -2.50. The monoisotopic (exact) mass is 428 g/mol. The van der Waals surface area contributed by atoms with Crippen LogP contribution in [0.15, 0.2) is 41.3 Å². The number of phenolic OH excluding ortho intramolecular Hbond substituents is 1. The molecule has 27 heavy (non-hydrogen) atoms. The van der Waals surface area contributed by atoms with E-state index in [0.29, 0.717) is 5.56 Å². The van der Waals surface area contributed by atoms with Gasteiger partial charge in [-0.1, -0.05) is 41.4 Å². The molecular formula is C18H18Cl2N2O4S. The number of aromatic hydroxyl groups is 1. The Labute approximate surface area is 168 Å². The predicted molar refractivity (Wildman–Crippen MR) is 104 cm³/mol. The summed E-state index contributed by atoms with van der Waals surface area (Å²) in [6, 6.07) is 9.49. The highest BCUT2D eigenvalue weighted by molar-refractivity contribution is 7.89. The first-order valence-electron chi connectivity index (χ1n) is 8.25. The van der Waals surface area contributed by atoms with Gasteiger partial charge in [-0.2, -0.15) is 4.31 Å². The van der Waals surface area contributed by atoms with Gasteiger partial charge in [0.15, 0.2) is 0 Å². The largest absolute Gasteiger partial charge is 0.507 e. The first kappa shape index (κ1) is 19.9. The number of hydrogen-bond acceptors (Lipinski definition) is 4. The van der Waals surface area contributed by atoms with Crippen molar-refractivity contribution in [1.82, 2.24) is 9.21 Å². The summed E-state index contributed by atoms with van der Waals surface area (Å²) in [5, 5.41) is 10.2. The molecule has 0 unspecified atom stereocenters. The van der Waals surface area contributed by atoms with Gasteiger partial charge >= 0.3 is 0 Å². The number of phenols is 1. The molecule has 0 aromatic heterocycles. The minimum absolute atomic E-state index is 0.0552. The van der Waals surface area contributed by atoms with Crippen LogP contribution in [0.5, 0.6) is 5.75 Å². The maximum Gasteiger partial charge on any atom is 0.257 e. The molecule has 2 aromatic rings. The van der Waals surface area contributed by atoms with Crippen LogP contribution in [-0.4, -0.2) is 54.8 Å². The molecule has 0 aliphatic carbocycles. The topological polar surface area (TPSA) is 77.9 Å². The van der Waals surface area contributed by atoms with Crippen LogP contribution in [0.2, 0.25) is 10.0 Å². The van der Waals surface area contributed by atoms with E-state index in [2.05, 4.69) is 0 Å². The number of carbonyl (C=O) groups is 1. The van der Waals surface area contributed by atoms with E-state index in [1.54, 1.807) is 31.2 Å². The number of aryl methyl sites for hydroxylation is 1. The molecule has 2 aromatic carbocycles. The Morgan fingerprint density at radius 2 is 1.56 bits per heavy atom. The van der Waals surface area contributed by atoms with Crippen molar-refractivity contribution in [2.75, 3.05) is 26.2 Å². The number of piperazine rings is 1. The lowest BCUT2D eigenvalue weighted by Gasteiger charge is -2.34. The SMILES string of the molecule is Cc1cccc(C(=O)N2CCN(S(=O)(=O)c3c(Cl)cccc3Cl)CC2)c1O. The molecule has 6 nitrogen and oxygen atoms in total. The number of sulfonamides is 1. The van der Waals surface area contributed by atoms with Crippen LogP contribution >= 0.6 is 23.2 Å². The third kappa shape index (κ3) is 3.78. The maximum absolute atomic E-state index is 12.9. The smallest absolute Gasteiger partial charge is 0.257 e. The van der Waals surface area contributed by atoms with Crippen LogP contribution in [0.1, 0.15) is 15.9 Å². The summed E-state index contributed by atoms with van der Waals surface area (Å²) in [5.74, 6) is -0.385. The van der Waals surface area contributed by atoms with Gasteiger partial charge in [-0.05, 0) is 30.7 Å². The molecule has 0 bridgehead atoms. The lowest BCUT2D eigenvalue weighted by molar-refractivity contribution is 0.0694. The van der Waals surface area contributed by atoms with Gasteiger partial charge in [0.2, 0.25) is 10.0 Å². The van der Waals surface area contributed by atoms with Crippen molar-refractivity contribution in [1.29, 1.82) is 0 Å². The van der Waals surface area contributed by atoms with Gasteiger partial charge in [0, 0.05) is 26.2 Å². The average molecular weight is 429 g/mol. The van der Waals surface area contributed by atoms with Crippen LogP contribution in [-0.2, 0) is 10.0 Å². The summed E-state index contributed by atoms with van der Waals surface area (Å²) < 4.78 is 27.0. The Morgan fingerprint density at radius 3 is 2.15 bits per heavy atom. The van der Waals surface area contributed by atoms with E-state index in [4.69, 9.17) is 23.2 Å². The van der Waals surface area contributed by atoms with Crippen LogP contribution in [0.3, 0.4) is 0 Å². The molecule has 1 amide bonds. The molecule has 0 radical (unpaired) electrons. The van der Waals surface area contributed by atoms with Gasteiger partial charge in [0.1, 0.15) is 10.6 Å². The Morgan fingerprint density at radius 1 is 1.00 bits per heavy atom. The zero-order valence-electron chi connectivity index (χ0n) is 14.5. The van der Waals surface area contributed by atoms with Gasteiger partial charge in [0.25, 0.3) is 5.91 Å². The van der Waals surface area contributed by atoms with E-state index in [1.165, 1.54) is 21.3 Å². The van der Waals surface area contributed by atoms with Gasteiger partial charge < -0.3 is 10.0 Å². The summed E-state index contributed by atoms with van der Waals surface area (Å²) in [7, 11) is -3.87. The molecule has 0 atom stereocenters. The molecule has 1 fully saturated rings. The summed E-state index contributed by atoms with van der Waals surface area (Å²) in [6.07, 6.45) is 0. The first-order chi connectivity index (χ1) is 12.7. The Balaban J connectivity index is 1.77. The van der Waals surface area contributed by atoms with Crippen molar-refractivity contribution in [2.45, 2.75) is 11.8 Å². The Bertz CT molecular complexity index is 967. The van der Waals surface area contributed by atoms with Crippen molar-refractivity contribution in [3.8, 4) is 5.75 Å². The second-order valence-electron chi connectivity index (χ2n) is 6.22. The average Bonchev–Trinajstić information content (AvgIpc) is 2.63. The Hall–Kier alpha value is -1.80. The van der Waals surface area contributed by atoms with Gasteiger partial charge in [-0.15, -0.1) is 0 Å². The second-order valence-corrected chi connectivity index (χ2v) is 8.91. The molecule has 3 rings (SSSR count). The fourth-order valence-corrected chi connectivity index (χ4v) is 5.51. The van der Waals surface area contributed by atoms with Crippen LogP contribution in [0, 0.1) is 6.92 Å². The first-order valence-corrected chi connectivity index (χ1v) is 10.4. The molecule has 1 saturated heterocycles. The number of rotatable bonds is 3. The van der Waals surface area contributed by atoms with Crippen molar-refractivity contribution in [2.24, 2.45) is 0 Å².